The smallest absolute Gasteiger partial charge is 0.322 e. The van der Waals surface area contributed by atoms with Gasteiger partial charge in [-0.15, -0.1) is 0 Å². The summed E-state index contributed by atoms with van der Waals surface area (Å²) < 4.78 is 29.1. The van der Waals surface area contributed by atoms with Crippen molar-refractivity contribution in [3.8, 4) is 0 Å². The van der Waals surface area contributed by atoms with Gasteiger partial charge in [-0.25, -0.2) is 18.6 Å². The molecule has 2 aromatic rings. The molecule has 0 unspecified atom stereocenters. The summed E-state index contributed by atoms with van der Waals surface area (Å²) in [6, 6.07) is 0.964. The third kappa shape index (κ3) is 3.90. The van der Waals surface area contributed by atoms with Crippen molar-refractivity contribution in [3.05, 3.63) is 45.2 Å². The fourth-order valence-corrected chi connectivity index (χ4v) is 4.13. The maximum absolute atomic E-state index is 14.1. The van der Waals surface area contributed by atoms with Gasteiger partial charge in [0.25, 0.3) is 5.91 Å². The monoisotopic (exact) mass is 499 g/mol. The molecule has 2 aliphatic rings. The van der Waals surface area contributed by atoms with E-state index in [9.17, 15) is 23.5 Å². The van der Waals surface area contributed by atoms with E-state index in [1.165, 1.54) is 16.6 Å². The molecular formula is C19H20BrF2N5O4. The summed E-state index contributed by atoms with van der Waals surface area (Å²) in [5.74, 6) is -2.11. The van der Waals surface area contributed by atoms with Crippen LogP contribution in [0.1, 0.15) is 28.7 Å². The van der Waals surface area contributed by atoms with E-state index in [0.29, 0.717) is 23.7 Å². The molecular weight excluding hydrogens is 480 g/mol. The number of carbonyl (C=O) groups excluding carboxylic acids is 2. The van der Waals surface area contributed by atoms with Crippen LogP contribution >= 0.6 is 15.9 Å². The predicted molar refractivity (Wildman–Crippen MR) is 108 cm³/mol. The highest BCUT2D eigenvalue weighted by molar-refractivity contribution is 9.10. The van der Waals surface area contributed by atoms with E-state index < -0.39 is 29.7 Å². The fraction of sp³-hybridized carbons (Fsp3) is 0.421. The van der Waals surface area contributed by atoms with Crippen molar-refractivity contribution in [1.82, 2.24) is 19.7 Å². The van der Waals surface area contributed by atoms with E-state index in [1.807, 2.05) is 6.92 Å². The van der Waals surface area contributed by atoms with Gasteiger partial charge in [0, 0.05) is 31.1 Å². The average Bonchev–Trinajstić information content (AvgIpc) is 3.00. The predicted octanol–water partition coefficient (Wildman–Crippen LogP) is 2.28. The number of aliphatic hydroxyl groups is 1. The molecule has 9 nitrogen and oxygen atoms in total. The molecule has 0 bridgehead atoms. The summed E-state index contributed by atoms with van der Waals surface area (Å²) >= 11 is 2.98. The zero-order chi connectivity index (χ0) is 22.4. The molecule has 3 heterocycles. The first kappa shape index (κ1) is 21.7. The first-order valence-electron chi connectivity index (χ1n) is 9.56. The molecule has 0 fully saturated rings. The van der Waals surface area contributed by atoms with Crippen LogP contribution in [0.25, 0.3) is 0 Å². The highest BCUT2D eigenvalue weighted by Crippen LogP contribution is 2.30. The van der Waals surface area contributed by atoms with Crippen molar-refractivity contribution >= 4 is 33.6 Å². The Labute approximate surface area is 184 Å². The molecule has 0 saturated carbocycles. The van der Waals surface area contributed by atoms with Crippen molar-refractivity contribution < 1.29 is 28.3 Å². The lowest BCUT2D eigenvalue weighted by molar-refractivity contribution is -0.159. The number of aromatic nitrogens is 2. The zero-order valence-corrected chi connectivity index (χ0v) is 18.3. The molecule has 0 aliphatic carbocycles. The van der Waals surface area contributed by atoms with Gasteiger partial charge < -0.3 is 15.3 Å². The van der Waals surface area contributed by atoms with Crippen LogP contribution in [0.15, 0.2) is 16.6 Å². The van der Waals surface area contributed by atoms with E-state index in [0.717, 1.165) is 11.1 Å². The standard InChI is InChI=1S/C19H20BrF2N5O4/c1-9-3-15-11(17-18(29)25(2)31-10(8-28)6-27(17)24-15)7-26(9)19(30)23-16-4-12(20)13(21)5-14(16)22/h4-5,9-10,28H,3,6-8H2,1-2H3,(H,23,30)/t9-,10-/m1/s1. The Morgan fingerprint density at radius 2 is 2.13 bits per heavy atom. The molecule has 12 heteroatoms. The van der Waals surface area contributed by atoms with Crippen LogP contribution in [0.4, 0.5) is 19.3 Å². The Bertz CT molecular complexity index is 1060. The SMILES string of the molecule is C[C@@H]1Cc2nn3c(c2CN1C(=O)Nc1cc(Br)c(F)cc1F)C(=O)N(C)O[C@@H](CO)C3. The van der Waals surface area contributed by atoms with Crippen molar-refractivity contribution in [2.45, 2.75) is 38.6 Å². The van der Waals surface area contributed by atoms with Crippen LogP contribution in [-0.2, 0) is 24.3 Å². The largest absolute Gasteiger partial charge is 0.393 e. The van der Waals surface area contributed by atoms with Crippen LogP contribution < -0.4 is 5.32 Å². The Hall–Kier alpha value is -2.57. The average molecular weight is 500 g/mol. The molecule has 166 valence electrons. The summed E-state index contributed by atoms with van der Waals surface area (Å²) in [5, 5.41) is 17.5. The van der Waals surface area contributed by atoms with Crippen LogP contribution in [0.2, 0.25) is 0 Å². The molecule has 0 spiro atoms. The van der Waals surface area contributed by atoms with Crippen LogP contribution in [0.3, 0.4) is 0 Å². The number of aliphatic hydroxyl groups excluding tert-OH is 1. The van der Waals surface area contributed by atoms with Crippen molar-refractivity contribution in [3.63, 3.8) is 0 Å². The molecule has 31 heavy (non-hydrogen) atoms. The summed E-state index contributed by atoms with van der Waals surface area (Å²) in [4.78, 5) is 32.6. The first-order valence-corrected chi connectivity index (χ1v) is 10.3. The van der Waals surface area contributed by atoms with Crippen molar-refractivity contribution in [2.75, 3.05) is 19.0 Å². The van der Waals surface area contributed by atoms with Gasteiger partial charge in [-0.2, -0.15) is 5.10 Å². The number of anilines is 1. The molecule has 2 N–H and O–H groups in total. The van der Waals surface area contributed by atoms with Crippen LogP contribution in [0, 0.1) is 11.6 Å². The van der Waals surface area contributed by atoms with Gasteiger partial charge in [0.1, 0.15) is 23.4 Å². The Morgan fingerprint density at radius 3 is 2.84 bits per heavy atom. The van der Waals surface area contributed by atoms with Crippen LogP contribution in [0.5, 0.6) is 0 Å². The maximum Gasteiger partial charge on any atom is 0.322 e. The normalized spacial score (nSPS) is 20.9. The van der Waals surface area contributed by atoms with Gasteiger partial charge in [0.2, 0.25) is 0 Å². The number of hydrogen-bond acceptors (Lipinski definition) is 5. The quantitative estimate of drug-likeness (QED) is 0.617. The second-order valence-electron chi connectivity index (χ2n) is 7.53. The minimum absolute atomic E-state index is 0.0206. The molecule has 3 amide bonds. The second kappa shape index (κ2) is 8.17. The molecule has 1 aromatic heterocycles. The Balaban J connectivity index is 1.63. The van der Waals surface area contributed by atoms with Crippen molar-refractivity contribution in [1.29, 1.82) is 0 Å². The highest BCUT2D eigenvalue weighted by Gasteiger charge is 2.37. The van der Waals surface area contributed by atoms with Gasteiger partial charge >= 0.3 is 6.03 Å². The summed E-state index contributed by atoms with van der Waals surface area (Å²) in [7, 11) is 1.45. The number of urea groups is 1. The minimum Gasteiger partial charge on any atom is -0.393 e. The number of halogens is 3. The number of rotatable bonds is 2. The number of benzene rings is 1. The lowest BCUT2D eigenvalue weighted by atomic mass is 9.99. The van der Waals surface area contributed by atoms with Gasteiger partial charge in [-0.1, -0.05) is 0 Å². The fourth-order valence-electron chi connectivity index (χ4n) is 3.78. The van der Waals surface area contributed by atoms with Gasteiger partial charge in [-0.05, 0) is 28.9 Å². The maximum atomic E-state index is 14.1. The van der Waals surface area contributed by atoms with Gasteiger partial charge in [0.15, 0.2) is 0 Å². The number of hydrogen-bond donors (Lipinski definition) is 2. The van der Waals surface area contributed by atoms with Gasteiger partial charge in [0.05, 0.1) is 35.6 Å². The molecule has 1 aromatic carbocycles. The Kier molecular flexibility index (Phi) is 5.71. The summed E-state index contributed by atoms with van der Waals surface area (Å²) in [6.07, 6.45) is -0.242. The summed E-state index contributed by atoms with van der Waals surface area (Å²) in [5.41, 5.74) is 1.38. The van der Waals surface area contributed by atoms with E-state index >= 15 is 0 Å². The molecule has 2 aliphatic heterocycles. The van der Waals surface area contributed by atoms with E-state index in [2.05, 4.69) is 26.3 Å². The molecule has 4 rings (SSSR count). The third-order valence-corrected chi connectivity index (χ3v) is 5.98. The molecule has 0 saturated heterocycles. The number of fused-ring (bicyclic) bond motifs is 3. The van der Waals surface area contributed by atoms with Crippen LogP contribution in [-0.4, -0.2) is 62.6 Å². The number of carbonyl (C=O) groups is 2. The Morgan fingerprint density at radius 1 is 1.39 bits per heavy atom. The van der Waals surface area contributed by atoms with Crippen molar-refractivity contribution in [2.24, 2.45) is 0 Å². The second-order valence-corrected chi connectivity index (χ2v) is 8.38. The number of amides is 3. The lowest BCUT2D eigenvalue weighted by Gasteiger charge is -2.33. The minimum atomic E-state index is -0.900. The van der Waals surface area contributed by atoms with E-state index in [4.69, 9.17) is 4.84 Å². The molecule has 0 radical (unpaired) electrons. The number of nitrogens with zero attached hydrogens (tertiary/aromatic N) is 4. The third-order valence-electron chi connectivity index (χ3n) is 5.37. The number of nitrogens with one attached hydrogen (secondary N) is 1. The zero-order valence-electron chi connectivity index (χ0n) is 16.7. The summed E-state index contributed by atoms with van der Waals surface area (Å²) in [6.45, 7) is 1.79. The molecule has 2 atom stereocenters. The highest BCUT2D eigenvalue weighted by atomic mass is 79.9. The van der Waals surface area contributed by atoms with E-state index in [-0.39, 0.29) is 41.6 Å². The van der Waals surface area contributed by atoms with E-state index in [1.54, 1.807) is 0 Å². The topological polar surface area (TPSA) is 99.9 Å². The lowest BCUT2D eigenvalue weighted by Crippen LogP contribution is -2.45. The number of hydroxylamine groups is 2. The van der Waals surface area contributed by atoms with Gasteiger partial charge in [-0.3, -0.25) is 14.3 Å². The first-order chi connectivity index (χ1) is 14.7.